The van der Waals surface area contributed by atoms with Gasteiger partial charge in [0.2, 0.25) is 5.91 Å². The molecule has 5 rings (SSSR count). The van der Waals surface area contributed by atoms with Gasteiger partial charge in [-0.3, -0.25) is 9.69 Å². The number of benzene rings is 2. The zero-order valence-corrected chi connectivity index (χ0v) is 16.7. The first kappa shape index (κ1) is 19.6. The molecule has 2 saturated heterocycles. The summed E-state index contributed by atoms with van der Waals surface area (Å²) in [6.07, 6.45) is -0.403. The van der Waals surface area contributed by atoms with Gasteiger partial charge in [0.05, 0.1) is 6.61 Å². The van der Waals surface area contributed by atoms with Crippen LogP contribution in [0.15, 0.2) is 48.5 Å². The lowest BCUT2D eigenvalue weighted by atomic mass is 9.98. The molecule has 0 unspecified atom stereocenters. The molecule has 2 aromatic rings. The molecule has 8 heteroatoms. The molecule has 3 aliphatic rings. The summed E-state index contributed by atoms with van der Waals surface area (Å²) >= 11 is 0. The van der Waals surface area contributed by atoms with Crippen LogP contribution in [0.25, 0.3) is 11.1 Å². The minimum Gasteiger partial charge on any atom is -0.480 e. The number of hydrogen-bond acceptors (Lipinski definition) is 5. The van der Waals surface area contributed by atoms with Gasteiger partial charge in [0, 0.05) is 5.92 Å². The number of aliphatic carboxylic acids is 1. The van der Waals surface area contributed by atoms with Crippen molar-refractivity contribution in [2.75, 3.05) is 13.2 Å². The van der Waals surface area contributed by atoms with Crippen LogP contribution in [0.3, 0.4) is 0 Å². The van der Waals surface area contributed by atoms with E-state index in [2.05, 4.69) is 17.4 Å². The number of hydrogen-bond donors (Lipinski definition) is 2. The molecule has 2 heterocycles. The molecule has 0 spiro atoms. The lowest BCUT2D eigenvalue weighted by Gasteiger charge is -2.35. The molecule has 2 aromatic carbocycles. The molecule has 2 fully saturated rings. The van der Waals surface area contributed by atoms with E-state index in [4.69, 9.17) is 9.47 Å². The number of amides is 2. The molecule has 0 aromatic heterocycles. The monoisotopic (exact) mass is 422 g/mol. The van der Waals surface area contributed by atoms with E-state index >= 15 is 0 Å². The Kier molecular flexibility index (Phi) is 4.86. The SMILES string of the molecule is O=C(N[C@H]1CC[C@@H]2OC[C@@H](C(=O)O)N2C1=O)OCC1c2ccccc2-c2ccccc21. The van der Waals surface area contributed by atoms with E-state index in [1.54, 1.807) is 0 Å². The van der Waals surface area contributed by atoms with E-state index in [-0.39, 0.29) is 19.1 Å². The van der Waals surface area contributed by atoms with Gasteiger partial charge in [-0.25, -0.2) is 9.59 Å². The maximum atomic E-state index is 12.8. The molecule has 0 saturated carbocycles. The van der Waals surface area contributed by atoms with Gasteiger partial charge in [-0.1, -0.05) is 48.5 Å². The first-order valence-corrected chi connectivity index (χ1v) is 10.3. The summed E-state index contributed by atoms with van der Waals surface area (Å²) in [7, 11) is 0. The van der Waals surface area contributed by atoms with Crippen LogP contribution in [0, 0.1) is 0 Å². The van der Waals surface area contributed by atoms with Crippen molar-refractivity contribution >= 4 is 18.0 Å². The van der Waals surface area contributed by atoms with Crippen molar-refractivity contribution in [1.82, 2.24) is 10.2 Å². The Hall–Kier alpha value is -3.39. The van der Waals surface area contributed by atoms with Crippen LogP contribution in [0.1, 0.15) is 29.9 Å². The third-order valence-corrected chi connectivity index (χ3v) is 6.27. The van der Waals surface area contributed by atoms with Crippen molar-refractivity contribution in [1.29, 1.82) is 0 Å². The van der Waals surface area contributed by atoms with Gasteiger partial charge in [0.1, 0.15) is 18.9 Å². The van der Waals surface area contributed by atoms with Gasteiger partial charge in [-0.2, -0.15) is 0 Å². The van der Waals surface area contributed by atoms with E-state index in [0.717, 1.165) is 22.3 Å². The maximum Gasteiger partial charge on any atom is 0.407 e. The Morgan fingerprint density at radius 1 is 1.06 bits per heavy atom. The minimum atomic E-state index is -1.11. The fraction of sp³-hybridized carbons (Fsp3) is 0.348. The molecular weight excluding hydrogens is 400 g/mol. The number of nitrogens with one attached hydrogen (secondary N) is 1. The zero-order valence-electron chi connectivity index (χ0n) is 16.7. The van der Waals surface area contributed by atoms with E-state index in [1.807, 2.05) is 36.4 Å². The van der Waals surface area contributed by atoms with Crippen molar-refractivity contribution in [2.24, 2.45) is 0 Å². The lowest BCUT2D eigenvalue weighted by Crippen LogP contribution is -2.58. The van der Waals surface area contributed by atoms with Crippen LogP contribution in [0.2, 0.25) is 0 Å². The summed E-state index contributed by atoms with van der Waals surface area (Å²) in [5.41, 5.74) is 4.47. The molecular formula is C23H22N2O6. The van der Waals surface area contributed by atoms with Gasteiger partial charge in [0.15, 0.2) is 6.04 Å². The molecule has 0 radical (unpaired) electrons. The van der Waals surface area contributed by atoms with E-state index in [1.165, 1.54) is 4.90 Å². The zero-order chi connectivity index (χ0) is 21.5. The van der Waals surface area contributed by atoms with Crippen molar-refractivity contribution in [3.63, 3.8) is 0 Å². The lowest BCUT2D eigenvalue weighted by molar-refractivity contribution is -0.154. The van der Waals surface area contributed by atoms with Crippen LogP contribution in [-0.4, -0.2) is 59.5 Å². The second-order valence-electron chi connectivity index (χ2n) is 7.99. The average Bonchev–Trinajstić information content (AvgIpc) is 3.34. The van der Waals surface area contributed by atoms with Gasteiger partial charge in [0.25, 0.3) is 0 Å². The molecule has 31 heavy (non-hydrogen) atoms. The highest BCUT2D eigenvalue weighted by Gasteiger charge is 2.47. The van der Waals surface area contributed by atoms with Crippen molar-refractivity contribution in [3.8, 4) is 11.1 Å². The number of ether oxygens (including phenoxy) is 2. The highest BCUT2D eigenvalue weighted by atomic mass is 16.5. The van der Waals surface area contributed by atoms with Crippen LogP contribution in [-0.2, 0) is 19.1 Å². The fourth-order valence-corrected chi connectivity index (χ4v) is 4.80. The molecule has 1 aliphatic carbocycles. The topological polar surface area (TPSA) is 105 Å². The largest absolute Gasteiger partial charge is 0.480 e. The van der Waals surface area contributed by atoms with E-state index < -0.39 is 36.3 Å². The maximum absolute atomic E-state index is 12.8. The molecule has 3 atom stereocenters. The summed E-state index contributed by atoms with van der Waals surface area (Å²) in [5, 5.41) is 11.9. The second-order valence-corrected chi connectivity index (χ2v) is 7.99. The summed E-state index contributed by atoms with van der Waals surface area (Å²) in [6, 6.07) is 14.2. The van der Waals surface area contributed by atoms with Gasteiger partial charge < -0.3 is 19.9 Å². The third kappa shape index (κ3) is 3.33. The molecule has 160 valence electrons. The highest BCUT2D eigenvalue weighted by molar-refractivity contribution is 5.90. The van der Waals surface area contributed by atoms with Crippen molar-refractivity contribution < 1.29 is 29.0 Å². The molecule has 8 nitrogen and oxygen atoms in total. The second kappa shape index (κ2) is 7.70. The summed E-state index contributed by atoms with van der Waals surface area (Å²) in [6.45, 7) is 0.109. The third-order valence-electron chi connectivity index (χ3n) is 6.27. The first-order valence-electron chi connectivity index (χ1n) is 10.3. The van der Waals surface area contributed by atoms with Crippen LogP contribution in [0.4, 0.5) is 4.79 Å². The average molecular weight is 422 g/mol. The first-order chi connectivity index (χ1) is 15.0. The summed E-state index contributed by atoms with van der Waals surface area (Å²) < 4.78 is 10.9. The smallest absolute Gasteiger partial charge is 0.407 e. The van der Waals surface area contributed by atoms with E-state index in [9.17, 15) is 19.5 Å². The predicted molar refractivity (Wildman–Crippen MR) is 109 cm³/mol. The Bertz CT molecular complexity index is 1010. The van der Waals surface area contributed by atoms with E-state index in [0.29, 0.717) is 12.8 Å². The Balaban J connectivity index is 1.25. The van der Waals surface area contributed by atoms with Crippen LogP contribution in [0.5, 0.6) is 0 Å². The number of carboxylic acid groups (broad SMARTS) is 1. The van der Waals surface area contributed by atoms with Gasteiger partial charge in [-0.05, 0) is 35.1 Å². The van der Waals surface area contributed by atoms with Gasteiger partial charge in [-0.15, -0.1) is 0 Å². The number of carboxylic acids is 1. The molecule has 2 amide bonds. The Morgan fingerprint density at radius 2 is 1.71 bits per heavy atom. The standard InChI is InChI=1S/C23H22N2O6/c26-21-18(9-10-20-25(21)19(12-30-20)22(27)28)24-23(29)31-11-17-15-7-3-1-5-13(15)14-6-2-4-8-16(14)17/h1-8,17-20H,9-12H2,(H,24,29)(H,27,28)/t18-,19-,20-/m0/s1. The molecule has 2 N–H and O–H groups in total. The number of fused-ring (bicyclic) bond motifs is 4. The normalized spacial score (nSPS) is 24.3. The predicted octanol–water partition coefficient (Wildman–Crippen LogP) is 2.33. The minimum absolute atomic E-state index is 0.0383. The highest BCUT2D eigenvalue weighted by Crippen LogP contribution is 2.44. The molecule has 0 bridgehead atoms. The van der Waals surface area contributed by atoms with Crippen molar-refractivity contribution in [3.05, 3.63) is 59.7 Å². The van der Waals surface area contributed by atoms with Crippen molar-refractivity contribution in [2.45, 2.75) is 37.1 Å². The quantitative estimate of drug-likeness (QED) is 0.784. The number of carbonyl (C=O) groups excluding carboxylic acids is 2. The summed E-state index contributed by atoms with van der Waals surface area (Å²) in [4.78, 5) is 37.9. The van der Waals surface area contributed by atoms with Crippen LogP contribution >= 0.6 is 0 Å². The fourth-order valence-electron chi connectivity index (χ4n) is 4.80. The number of nitrogens with zero attached hydrogens (tertiary/aromatic N) is 1. The number of piperidine rings is 1. The Morgan fingerprint density at radius 3 is 2.35 bits per heavy atom. The number of rotatable bonds is 4. The number of alkyl carbamates (subject to hydrolysis) is 1. The number of carbonyl (C=O) groups is 3. The summed E-state index contributed by atoms with van der Waals surface area (Å²) in [5.74, 6) is -1.64. The Labute approximate surface area is 178 Å². The van der Waals surface area contributed by atoms with Crippen LogP contribution < -0.4 is 5.32 Å². The molecule has 2 aliphatic heterocycles. The van der Waals surface area contributed by atoms with Gasteiger partial charge >= 0.3 is 12.1 Å².